The Morgan fingerprint density at radius 2 is 1.86 bits per heavy atom. The van der Waals surface area contributed by atoms with Crippen LogP contribution in [0, 0.1) is 11.3 Å². The lowest BCUT2D eigenvalue weighted by molar-refractivity contribution is -0.0891. The molecule has 0 radical (unpaired) electrons. The maximum Gasteiger partial charge on any atom is 0.0836 e. The maximum absolute atomic E-state index is 10.1. The van der Waals surface area contributed by atoms with Gasteiger partial charge in [-0.05, 0) is 37.0 Å². The fourth-order valence-corrected chi connectivity index (χ4v) is 2.93. The molecule has 3 unspecified atom stereocenters. The summed E-state index contributed by atoms with van der Waals surface area (Å²) in [4.78, 5) is 0. The van der Waals surface area contributed by atoms with Gasteiger partial charge in [-0.1, -0.05) is 27.2 Å². The van der Waals surface area contributed by atoms with E-state index in [4.69, 9.17) is 14.2 Å². The second-order valence-electron chi connectivity index (χ2n) is 6.79. The summed E-state index contributed by atoms with van der Waals surface area (Å²) in [5.74, 6) is 0.647. The predicted octanol–water partition coefficient (Wildman–Crippen LogP) is 3.02. The van der Waals surface area contributed by atoms with Crippen LogP contribution in [0.15, 0.2) is 0 Å². The lowest BCUT2D eigenvalue weighted by atomic mass is 9.68. The van der Waals surface area contributed by atoms with Crippen molar-refractivity contribution in [3.8, 4) is 0 Å². The van der Waals surface area contributed by atoms with Crippen LogP contribution >= 0.6 is 0 Å². The van der Waals surface area contributed by atoms with Crippen molar-refractivity contribution < 1.29 is 19.3 Å². The number of aliphatic hydroxyl groups is 1. The molecule has 0 aliphatic heterocycles. The van der Waals surface area contributed by atoms with Crippen LogP contribution in [0.5, 0.6) is 0 Å². The van der Waals surface area contributed by atoms with E-state index < -0.39 is 0 Å². The Morgan fingerprint density at radius 1 is 1.10 bits per heavy atom. The molecule has 1 saturated carbocycles. The molecule has 3 atom stereocenters. The molecule has 1 aliphatic rings. The first kappa shape index (κ1) is 18.9. The minimum Gasteiger partial charge on any atom is -0.390 e. The standard InChI is InChI=1S/C17H34O4/c1-5-17(2,3)14-7-8-15(18)16(13-14)21-10-6-9-20-12-11-19-4/h14-16,18H,5-13H2,1-4H3. The summed E-state index contributed by atoms with van der Waals surface area (Å²) >= 11 is 0. The number of hydrogen-bond acceptors (Lipinski definition) is 4. The van der Waals surface area contributed by atoms with Crippen molar-refractivity contribution in [3.63, 3.8) is 0 Å². The van der Waals surface area contributed by atoms with Crippen molar-refractivity contribution in [3.05, 3.63) is 0 Å². The van der Waals surface area contributed by atoms with Crippen LogP contribution in [0.25, 0.3) is 0 Å². The molecule has 21 heavy (non-hydrogen) atoms. The van der Waals surface area contributed by atoms with Crippen LogP contribution in [0.2, 0.25) is 0 Å². The van der Waals surface area contributed by atoms with E-state index >= 15 is 0 Å². The fourth-order valence-electron chi connectivity index (χ4n) is 2.93. The second kappa shape index (κ2) is 9.78. The molecule has 0 aromatic rings. The lowest BCUT2D eigenvalue weighted by Crippen LogP contribution is -2.40. The Kier molecular flexibility index (Phi) is 8.79. The van der Waals surface area contributed by atoms with Gasteiger partial charge in [-0.3, -0.25) is 0 Å². The van der Waals surface area contributed by atoms with Crippen molar-refractivity contribution in [1.82, 2.24) is 0 Å². The normalized spacial score (nSPS) is 27.0. The van der Waals surface area contributed by atoms with Crippen LogP contribution < -0.4 is 0 Å². The van der Waals surface area contributed by atoms with E-state index in [1.54, 1.807) is 7.11 Å². The Bertz CT molecular complexity index is 268. The quantitative estimate of drug-likeness (QED) is 0.630. The molecule has 4 nitrogen and oxygen atoms in total. The second-order valence-corrected chi connectivity index (χ2v) is 6.79. The molecule has 0 spiro atoms. The average Bonchev–Trinajstić information content (AvgIpc) is 2.47. The summed E-state index contributed by atoms with van der Waals surface area (Å²) in [5.41, 5.74) is 0.338. The molecular formula is C17H34O4. The fraction of sp³-hybridized carbons (Fsp3) is 1.00. The van der Waals surface area contributed by atoms with Crippen LogP contribution in [0.4, 0.5) is 0 Å². The summed E-state index contributed by atoms with van der Waals surface area (Å²) in [6, 6.07) is 0. The highest BCUT2D eigenvalue weighted by Crippen LogP contribution is 2.41. The monoisotopic (exact) mass is 302 g/mol. The van der Waals surface area contributed by atoms with Crippen molar-refractivity contribution in [1.29, 1.82) is 0 Å². The third-order valence-electron chi connectivity index (χ3n) is 4.97. The topological polar surface area (TPSA) is 47.9 Å². The zero-order valence-electron chi connectivity index (χ0n) is 14.3. The van der Waals surface area contributed by atoms with Crippen molar-refractivity contribution in [2.24, 2.45) is 11.3 Å². The average molecular weight is 302 g/mol. The summed E-state index contributed by atoms with van der Waals surface area (Å²) in [6.07, 6.45) is 4.69. The highest BCUT2D eigenvalue weighted by atomic mass is 16.5. The van der Waals surface area contributed by atoms with Crippen molar-refractivity contribution in [2.75, 3.05) is 33.5 Å². The van der Waals surface area contributed by atoms with Gasteiger partial charge in [0.2, 0.25) is 0 Å². The summed E-state index contributed by atoms with van der Waals surface area (Å²) in [5, 5.41) is 10.1. The van der Waals surface area contributed by atoms with E-state index in [1.165, 1.54) is 6.42 Å². The molecule has 4 heteroatoms. The molecule has 1 fully saturated rings. The molecule has 1 aliphatic carbocycles. The third-order valence-corrected chi connectivity index (χ3v) is 4.97. The van der Waals surface area contributed by atoms with Gasteiger partial charge in [0.05, 0.1) is 25.4 Å². The van der Waals surface area contributed by atoms with E-state index in [-0.39, 0.29) is 12.2 Å². The van der Waals surface area contributed by atoms with Gasteiger partial charge >= 0.3 is 0 Å². The number of methoxy groups -OCH3 is 1. The third kappa shape index (κ3) is 6.64. The smallest absolute Gasteiger partial charge is 0.0836 e. The van der Waals surface area contributed by atoms with Crippen LogP contribution in [0.3, 0.4) is 0 Å². The Hall–Kier alpha value is -0.160. The first-order chi connectivity index (χ1) is 10.0. The van der Waals surface area contributed by atoms with E-state index in [0.29, 0.717) is 37.8 Å². The molecule has 0 bridgehead atoms. The van der Waals surface area contributed by atoms with E-state index in [1.807, 2.05) is 0 Å². The Labute approximate surface area is 130 Å². The number of aliphatic hydroxyl groups excluding tert-OH is 1. The van der Waals surface area contributed by atoms with Crippen LogP contribution in [-0.2, 0) is 14.2 Å². The zero-order valence-corrected chi connectivity index (χ0v) is 14.3. The number of ether oxygens (including phenoxy) is 3. The highest BCUT2D eigenvalue weighted by molar-refractivity contribution is 4.87. The van der Waals surface area contributed by atoms with Gasteiger partial charge in [-0.2, -0.15) is 0 Å². The SMILES string of the molecule is CCC(C)(C)C1CCC(O)C(OCCCOCCOC)C1. The van der Waals surface area contributed by atoms with Crippen LogP contribution in [-0.4, -0.2) is 50.9 Å². The van der Waals surface area contributed by atoms with Gasteiger partial charge in [0.1, 0.15) is 0 Å². The highest BCUT2D eigenvalue weighted by Gasteiger charge is 2.36. The molecule has 1 rings (SSSR count). The first-order valence-corrected chi connectivity index (χ1v) is 8.37. The van der Waals surface area contributed by atoms with Gasteiger partial charge in [0.25, 0.3) is 0 Å². The Balaban J connectivity index is 2.23. The van der Waals surface area contributed by atoms with Gasteiger partial charge in [-0.15, -0.1) is 0 Å². The number of hydrogen-bond donors (Lipinski definition) is 1. The minimum atomic E-state index is -0.302. The predicted molar refractivity (Wildman–Crippen MR) is 84.5 cm³/mol. The Morgan fingerprint density at radius 3 is 2.52 bits per heavy atom. The maximum atomic E-state index is 10.1. The van der Waals surface area contributed by atoms with Gasteiger partial charge in [0, 0.05) is 20.3 Å². The van der Waals surface area contributed by atoms with E-state index in [2.05, 4.69) is 20.8 Å². The van der Waals surface area contributed by atoms with E-state index in [9.17, 15) is 5.11 Å². The first-order valence-electron chi connectivity index (χ1n) is 8.37. The molecule has 1 N–H and O–H groups in total. The summed E-state index contributed by atoms with van der Waals surface area (Å²) in [6.45, 7) is 9.53. The molecule has 0 heterocycles. The number of rotatable bonds is 10. The molecule has 0 aromatic carbocycles. The molecule has 0 aromatic heterocycles. The van der Waals surface area contributed by atoms with E-state index in [0.717, 1.165) is 25.7 Å². The van der Waals surface area contributed by atoms with Gasteiger partial charge in [-0.25, -0.2) is 0 Å². The lowest BCUT2D eigenvalue weighted by Gasteiger charge is -2.41. The largest absolute Gasteiger partial charge is 0.390 e. The molecule has 0 amide bonds. The zero-order chi connectivity index (χ0) is 15.7. The summed E-state index contributed by atoms with van der Waals surface area (Å²) < 4.78 is 16.2. The molecule has 126 valence electrons. The van der Waals surface area contributed by atoms with Gasteiger partial charge < -0.3 is 19.3 Å². The van der Waals surface area contributed by atoms with Gasteiger partial charge in [0.15, 0.2) is 0 Å². The van der Waals surface area contributed by atoms with Crippen LogP contribution in [0.1, 0.15) is 52.9 Å². The van der Waals surface area contributed by atoms with Crippen molar-refractivity contribution >= 4 is 0 Å². The summed E-state index contributed by atoms with van der Waals surface area (Å²) in [7, 11) is 1.67. The molecule has 0 saturated heterocycles. The minimum absolute atomic E-state index is 0.00597. The van der Waals surface area contributed by atoms with Crippen molar-refractivity contribution in [2.45, 2.75) is 65.1 Å². The molecular weight excluding hydrogens is 268 g/mol.